The fraction of sp³-hybridized carbons (Fsp3) is 0.818. The van der Waals surface area contributed by atoms with Gasteiger partial charge in [-0.2, -0.15) is 0 Å². The smallest absolute Gasteiger partial charge is 0.136 e. The monoisotopic (exact) mass is 344 g/mol. The number of aldehydes is 1. The van der Waals surface area contributed by atoms with Crippen molar-refractivity contribution in [3.63, 3.8) is 0 Å². The molecule has 25 heavy (non-hydrogen) atoms. The molecule has 0 spiro atoms. The molecule has 0 aliphatic heterocycles. The molecule has 0 N–H and O–H groups in total. The van der Waals surface area contributed by atoms with Crippen LogP contribution in [0.15, 0.2) is 11.6 Å². The highest BCUT2D eigenvalue weighted by atomic mass is 16.5. The van der Waals surface area contributed by atoms with E-state index in [1.165, 1.54) is 18.4 Å². The molecule has 0 bridgehead atoms. The third kappa shape index (κ3) is 2.83. The highest BCUT2D eigenvalue weighted by Gasteiger charge is 2.57. The van der Waals surface area contributed by atoms with E-state index in [2.05, 4.69) is 19.9 Å². The van der Waals surface area contributed by atoms with Gasteiger partial charge in [0.15, 0.2) is 0 Å². The van der Waals surface area contributed by atoms with E-state index in [1.54, 1.807) is 0 Å². The van der Waals surface area contributed by atoms with Crippen LogP contribution in [0.3, 0.4) is 0 Å². The van der Waals surface area contributed by atoms with Gasteiger partial charge in [-0.3, -0.25) is 4.79 Å². The van der Waals surface area contributed by atoms with E-state index in [9.17, 15) is 9.59 Å². The molecule has 0 aromatic rings. The summed E-state index contributed by atoms with van der Waals surface area (Å²) in [5.74, 6) is 2.67. The average molecular weight is 344 g/mol. The van der Waals surface area contributed by atoms with Crippen LogP contribution < -0.4 is 0 Å². The number of hydrogen-bond acceptors (Lipinski definition) is 3. The molecule has 0 amide bonds. The van der Waals surface area contributed by atoms with Gasteiger partial charge in [-0.1, -0.05) is 25.5 Å². The maximum atomic E-state index is 11.9. The summed E-state index contributed by atoms with van der Waals surface area (Å²) in [6.07, 6.45) is 12.9. The summed E-state index contributed by atoms with van der Waals surface area (Å²) in [5.41, 5.74) is 2.11. The van der Waals surface area contributed by atoms with Crippen molar-refractivity contribution in [3.05, 3.63) is 11.6 Å². The topological polar surface area (TPSA) is 43.4 Å². The summed E-state index contributed by atoms with van der Waals surface area (Å²) in [4.78, 5) is 22.5. The van der Waals surface area contributed by atoms with Crippen LogP contribution in [0.2, 0.25) is 0 Å². The zero-order valence-corrected chi connectivity index (χ0v) is 15.8. The maximum Gasteiger partial charge on any atom is 0.136 e. The molecule has 4 rings (SSSR count). The van der Waals surface area contributed by atoms with Gasteiger partial charge in [-0.05, 0) is 67.1 Å². The molecule has 0 radical (unpaired) electrons. The molecule has 4 aliphatic carbocycles. The molecule has 3 fully saturated rings. The Hall–Kier alpha value is -0.960. The molecule has 3 saturated carbocycles. The van der Waals surface area contributed by atoms with Crippen LogP contribution in [-0.4, -0.2) is 24.8 Å². The molecular weight excluding hydrogens is 312 g/mol. The van der Waals surface area contributed by atoms with Gasteiger partial charge in [0.2, 0.25) is 0 Å². The molecule has 0 aromatic carbocycles. The number of allylic oxidation sites excluding steroid dienone is 2. The van der Waals surface area contributed by atoms with Crippen LogP contribution in [0.5, 0.6) is 0 Å². The van der Waals surface area contributed by atoms with Gasteiger partial charge >= 0.3 is 0 Å². The molecule has 0 heterocycles. The summed E-state index contributed by atoms with van der Waals surface area (Å²) in [7, 11) is 0. The zero-order valence-electron chi connectivity index (χ0n) is 15.8. The Balaban J connectivity index is 1.54. The minimum absolute atomic E-state index is 0.259. The Labute approximate surface area is 151 Å². The summed E-state index contributed by atoms with van der Waals surface area (Å²) in [6, 6.07) is 0. The molecule has 3 heteroatoms. The summed E-state index contributed by atoms with van der Waals surface area (Å²) >= 11 is 0. The Morgan fingerprint density at radius 3 is 2.92 bits per heavy atom. The number of carbonyl (C=O) groups excluding carboxylic acids is 2. The lowest BCUT2D eigenvalue weighted by molar-refractivity contribution is -0.122. The standard InChI is InChI=1S/C22H32O3/c1-21-8-7-19-18(20(21)13-17(14-21)25-11-3-10-23)5-4-15-12-16(24)6-9-22(15,19)2/h4,10,17-20H,3,5-9,11-14H2,1-2H3/t17?,18-,19-,20+,21-,22+/m1/s1. The van der Waals surface area contributed by atoms with Crippen LogP contribution >= 0.6 is 0 Å². The van der Waals surface area contributed by atoms with Crippen LogP contribution in [0.1, 0.15) is 71.6 Å². The van der Waals surface area contributed by atoms with Gasteiger partial charge in [0.05, 0.1) is 12.7 Å². The first-order chi connectivity index (χ1) is 12.0. The largest absolute Gasteiger partial charge is 0.378 e. The summed E-state index contributed by atoms with van der Waals surface area (Å²) in [6.45, 7) is 5.50. The fourth-order valence-electron chi connectivity index (χ4n) is 6.88. The Kier molecular flexibility index (Phi) is 4.42. The van der Waals surface area contributed by atoms with Gasteiger partial charge < -0.3 is 9.53 Å². The number of ether oxygens (including phenoxy) is 1. The molecular formula is C22H32O3. The van der Waals surface area contributed by atoms with Crippen LogP contribution in [0, 0.1) is 28.6 Å². The van der Waals surface area contributed by atoms with Crippen molar-refractivity contribution in [2.24, 2.45) is 28.6 Å². The van der Waals surface area contributed by atoms with E-state index < -0.39 is 0 Å². The normalized spacial score (nSPS) is 46.0. The molecule has 6 atom stereocenters. The molecule has 3 nitrogen and oxygen atoms in total. The number of rotatable bonds is 4. The minimum atomic E-state index is 0.259. The predicted octanol–water partition coefficient (Wildman–Crippen LogP) is 4.49. The van der Waals surface area contributed by atoms with Crippen molar-refractivity contribution in [2.45, 2.75) is 77.7 Å². The Bertz CT molecular complexity index is 594. The highest BCUT2D eigenvalue weighted by molar-refractivity contribution is 5.82. The van der Waals surface area contributed by atoms with E-state index >= 15 is 0 Å². The molecule has 0 saturated heterocycles. The summed E-state index contributed by atoms with van der Waals surface area (Å²) < 4.78 is 6.03. The lowest BCUT2D eigenvalue weighted by Gasteiger charge is -2.56. The van der Waals surface area contributed by atoms with Gasteiger partial charge in [-0.15, -0.1) is 0 Å². The first kappa shape index (κ1) is 17.5. The predicted molar refractivity (Wildman–Crippen MR) is 97.1 cm³/mol. The van der Waals surface area contributed by atoms with Crippen molar-refractivity contribution in [3.8, 4) is 0 Å². The first-order valence-electron chi connectivity index (χ1n) is 10.2. The maximum absolute atomic E-state index is 11.9. The quantitative estimate of drug-likeness (QED) is 0.429. The number of hydrogen-bond donors (Lipinski definition) is 0. The van der Waals surface area contributed by atoms with Gasteiger partial charge in [0.1, 0.15) is 12.1 Å². The average Bonchev–Trinajstić information content (AvgIpc) is 2.92. The molecule has 4 aliphatic rings. The van der Waals surface area contributed by atoms with Crippen molar-refractivity contribution in [2.75, 3.05) is 6.61 Å². The Morgan fingerprint density at radius 1 is 1.28 bits per heavy atom. The van der Waals surface area contributed by atoms with Gasteiger partial charge in [0, 0.05) is 19.3 Å². The number of fused-ring (bicyclic) bond motifs is 5. The molecule has 138 valence electrons. The Morgan fingerprint density at radius 2 is 2.12 bits per heavy atom. The SMILES string of the molecule is C[C@]12CC[C@@H]3[C@@H](CC=C4CC(=O)CC[C@@]43C)[C@@H]1CC(OCCC=O)C2. The van der Waals surface area contributed by atoms with Crippen molar-refractivity contribution in [1.29, 1.82) is 0 Å². The highest BCUT2D eigenvalue weighted by Crippen LogP contribution is 2.64. The van der Waals surface area contributed by atoms with Crippen molar-refractivity contribution < 1.29 is 14.3 Å². The van der Waals surface area contributed by atoms with Crippen molar-refractivity contribution in [1.82, 2.24) is 0 Å². The first-order valence-corrected chi connectivity index (χ1v) is 10.2. The molecule has 0 aromatic heterocycles. The third-order valence-corrected chi connectivity index (χ3v) is 8.25. The number of ketones is 1. The zero-order chi connectivity index (χ0) is 17.7. The second-order valence-electron chi connectivity index (χ2n) is 9.56. The van der Waals surface area contributed by atoms with E-state index in [0.717, 1.165) is 56.1 Å². The van der Waals surface area contributed by atoms with Crippen molar-refractivity contribution >= 4 is 12.1 Å². The number of Topliss-reactive ketones (excluding diaryl/α,β-unsaturated/α-hetero) is 1. The minimum Gasteiger partial charge on any atom is -0.378 e. The van der Waals surface area contributed by atoms with E-state index in [0.29, 0.717) is 36.8 Å². The van der Waals surface area contributed by atoms with Crippen LogP contribution in [-0.2, 0) is 14.3 Å². The van der Waals surface area contributed by atoms with Gasteiger partial charge in [-0.25, -0.2) is 0 Å². The third-order valence-electron chi connectivity index (χ3n) is 8.25. The fourth-order valence-corrected chi connectivity index (χ4v) is 6.88. The van der Waals surface area contributed by atoms with E-state index in [1.807, 2.05) is 0 Å². The number of carbonyl (C=O) groups is 2. The summed E-state index contributed by atoms with van der Waals surface area (Å²) in [5, 5.41) is 0. The van der Waals surface area contributed by atoms with E-state index in [4.69, 9.17) is 4.74 Å². The van der Waals surface area contributed by atoms with Crippen LogP contribution in [0.4, 0.5) is 0 Å². The molecule has 1 unspecified atom stereocenters. The van der Waals surface area contributed by atoms with E-state index in [-0.39, 0.29) is 5.41 Å². The lowest BCUT2D eigenvalue weighted by Crippen LogP contribution is -2.48. The van der Waals surface area contributed by atoms with Crippen LogP contribution in [0.25, 0.3) is 0 Å². The second kappa shape index (κ2) is 6.33. The lowest BCUT2D eigenvalue weighted by atomic mass is 9.48. The second-order valence-corrected chi connectivity index (χ2v) is 9.56. The van der Waals surface area contributed by atoms with Gasteiger partial charge in [0.25, 0.3) is 0 Å².